The van der Waals surface area contributed by atoms with Crippen LogP contribution in [0.25, 0.3) is 0 Å². The van der Waals surface area contributed by atoms with E-state index in [9.17, 15) is 9.90 Å². The Morgan fingerprint density at radius 2 is 1.81 bits per heavy atom. The van der Waals surface area contributed by atoms with Gasteiger partial charge in [-0.25, -0.2) is 0 Å². The van der Waals surface area contributed by atoms with Gasteiger partial charge in [-0.05, 0) is 62.2 Å². The van der Waals surface area contributed by atoms with Gasteiger partial charge < -0.3 is 10.0 Å². The Bertz CT molecular complexity index is 452. The number of carbonyl (C=O) groups excluding carboxylic acids is 1. The smallest absolute Gasteiger partial charge is 0.229 e. The van der Waals surface area contributed by atoms with E-state index in [0.29, 0.717) is 24.4 Å². The lowest BCUT2D eigenvalue weighted by molar-refractivity contribution is -0.186. The number of rotatable bonds is 3. The molecule has 3 nitrogen and oxygen atoms in total. The average molecular weight is 291 g/mol. The van der Waals surface area contributed by atoms with Crippen LogP contribution in [0.1, 0.15) is 65.2 Å². The van der Waals surface area contributed by atoms with E-state index in [4.69, 9.17) is 0 Å². The Morgan fingerprint density at radius 3 is 2.33 bits per heavy atom. The third-order valence-corrected chi connectivity index (χ3v) is 6.78. The lowest BCUT2D eigenvalue weighted by Crippen LogP contribution is -2.68. The van der Waals surface area contributed by atoms with Crippen LogP contribution < -0.4 is 0 Å². The molecule has 0 aromatic heterocycles. The normalized spacial score (nSPS) is 46.5. The number of hydrogen-bond donors (Lipinski definition) is 1. The minimum absolute atomic E-state index is 0.0631. The van der Waals surface area contributed by atoms with E-state index in [1.165, 1.54) is 19.3 Å². The summed E-state index contributed by atoms with van der Waals surface area (Å²) in [7, 11) is 0. The van der Waals surface area contributed by atoms with Crippen LogP contribution in [0.5, 0.6) is 0 Å². The van der Waals surface area contributed by atoms with Gasteiger partial charge in [0, 0.05) is 0 Å². The highest BCUT2D eigenvalue weighted by Gasteiger charge is 2.61. The number of amides is 1. The monoisotopic (exact) mass is 291 g/mol. The quantitative estimate of drug-likeness (QED) is 0.868. The Labute approximate surface area is 128 Å². The number of nitrogens with zero attached hydrogens (tertiary/aromatic N) is 1. The molecule has 5 rings (SSSR count). The molecule has 4 bridgehead atoms. The summed E-state index contributed by atoms with van der Waals surface area (Å²) >= 11 is 0. The fourth-order valence-electron chi connectivity index (χ4n) is 6.74. The molecule has 1 amide bonds. The number of likely N-dealkylation sites (tertiary alicyclic amines) is 1. The third-order valence-electron chi connectivity index (χ3n) is 6.78. The molecule has 118 valence electrons. The summed E-state index contributed by atoms with van der Waals surface area (Å²) in [6, 6.07) is 0. The molecule has 4 saturated carbocycles. The highest BCUT2D eigenvalue weighted by molar-refractivity contribution is 5.84. The molecular formula is C18H29NO2. The zero-order valence-electron chi connectivity index (χ0n) is 13.5. The van der Waals surface area contributed by atoms with E-state index in [2.05, 4.69) is 13.8 Å². The lowest BCUT2D eigenvalue weighted by atomic mass is 9.44. The van der Waals surface area contributed by atoms with E-state index < -0.39 is 5.60 Å². The first kappa shape index (κ1) is 14.0. The zero-order valence-corrected chi connectivity index (χ0v) is 13.5. The molecular weight excluding hydrogens is 262 g/mol. The van der Waals surface area contributed by atoms with Crippen molar-refractivity contribution in [1.82, 2.24) is 4.90 Å². The van der Waals surface area contributed by atoms with Gasteiger partial charge in [0.25, 0.3) is 0 Å². The van der Waals surface area contributed by atoms with Crippen molar-refractivity contribution in [3.63, 3.8) is 0 Å². The van der Waals surface area contributed by atoms with Crippen molar-refractivity contribution in [2.75, 3.05) is 13.1 Å². The summed E-state index contributed by atoms with van der Waals surface area (Å²) in [6.45, 7) is 5.67. The van der Waals surface area contributed by atoms with Gasteiger partial charge in [0.15, 0.2) is 0 Å². The highest BCUT2D eigenvalue weighted by Crippen LogP contribution is 2.65. The summed E-state index contributed by atoms with van der Waals surface area (Å²) in [4.78, 5) is 15.1. The van der Waals surface area contributed by atoms with Crippen molar-refractivity contribution >= 4 is 5.91 Å². The van der Waals surface area contributed by atoms with Crippen LogP contribution in [0.15, 0.2) is 0 Å². The molecule has 2 atom stereocenters. The molecule has 1 heterocycles. The second-order valence-corrected chi connectivity index (χ2v) is 9.19. The summed E-state index contributed by atoms with van der Waals surface area (Å²) in [5, 5.41) is 10.4. The van der Waals surface area contributed by atoms with Crippen LogP contribution in [0.4, 0.5) is 0 Å². The predicted molar refractivity (Wildman–Crippen MR) is 81.7 cm³/mol. The fourth-order valence-corrected chi connectivity index (χ4v) is 6.74. The molecule has 1 N–H and O–H groups in total. The predicted octanol–water partition coefficient (Wildman–Crippen LogP) is 2.97. The number of hydrogen-bond acceptors (Lipinski definition) is 2. The van der Waals surface area contributed by atoms with Crippen LogP contribution in [0.2, 0.25) is 0 Å². The standard InChI is InChI=1S/C18H29NO2/c1-3-4-18(21)11-19(12-18)15(20)17-8-13-5-14(9-17)7-16(2,6-13)10-17/h13-14,21H,3-12H2,1-2H3. The maximum Gasteiger partial charge on any atom is 0.229 e. The number of aliphatic hydroxyl groups is 1. The Kier molecular flexibility index (Phi) is 2.84. The van der Waals surface area contributed by atoms with E-state index in [0.717, 1.165) is 43.9 Å². The SMILES string of the molecule is CCCC1(O)CN(C(=O)C23CC4CC(CC(C)(C4)C2)C3)C1. The van der Waals surface area contributed by atoms with E-state index in [1.807, 2.05) is 4.90 Å². The van der Waals surface area contributed by atoms with Gasteiger partial charge in [0.1, 0.15) is 0 Å². The van der Waals surface area contributed by atoms with Crippen LogP contribution in [-0.2, 0) is 4.79 Å². The zero-order chi connectivity index (χ0) is 14.9. The minimum Gasteiger partial charge on any atom is -0.386 e. The van der Waals surface area contributed by atoms with Crippen molar-refractivity contribution in [2.24, 2.45) is 22.7 Å². The molecule has 0 spiro atoms. The molecule has 1 aliphatic heterocycles. The van der Waals surface area contributed by atoms with Gasteiger partial charge in [-0.15, -0.1) is 0 Å². The molecule has 0 aromatic carbocycles. The highest BCUT2D eigenvalue weighted by atomic mass is 16.3. The van der Waals surface area contributed by atoms with Crippen LogP contribution >= 0.6 is 0 Å². The minimum atomic E-state index is -0.587. The van der Waals surface area contributed by atoms with Gasteiger partial charge in [-0.1, -0.05) is 20.3 Å². The van der Waals surface area contributed by atoms with Crippen molar-refractivity contribution in [1.29, 1.82) is 0 Å². The number of carbonyl (C=O) groups is 1. The van der Waals surface area contributed by atoms with Gasteiger partial charge in [-0.2, -0.15) is 0 Å². The second-order valence-electron chi connectivity index (χ2n) is 9.19. The van der Waals surface area contributed by atoms with Gasteiger partial charge in [0.2, 0.25) is 5.91 Å². The molecule has 5 fully saturated rings. The van der Waals surface area contributed by atoms with Crippen molar-refractivity contribution in [3.05, 3.63) is 0 Å². The van der Waals surface area contributed by atoms with Crippen molar-refractivity contribution in [2.45, 2.75) is 70.8 Å². The lowest BCUT2D eigenvalue weighted by Gasteiger charge is -2.62. The van der Waals surface area contributed by atoms with Gasteiger partial charge in [0.05, 0.1) is 24.1 Å². The molecule has 0 radical (unpaired) electrons. The Hall–Kier alpha value is -0.570. The Balaban J connectivity index is 1.50. The summed E-state index contributed by atoms with van der Waals surface area (Å²) in [5.41, 5.74) is -0.229. The van der Waals surface area contributed by atoms with E-state index in [1.54, 1.807) is 0 Å². The van der Waals surface area contributed by atoms with Crippen LogP contribution in [-0.4, -0.2) is 34.6 Å². The first-order chi connectivity index (χ1) is 9.85. The average Bonchev–Trinajstić information content (AvgIpc) is 2.32. The first-order valence-electron chi connectivity index (χ1n) is 8.87. The molecule has 4 aliphatic carbocycles. The molecule has 1 saturated heterocycles. The molecule has 21 heavy (non-hydrogen) atoms. The molecule has 3 heteroatoms. The maximum atomic E-state index is 13.1. The summed E-state index contributed by atoms with van der Waals surface area (Å²) in [5.74, 6) is 1.95. The summed E-state index contributed by atoms with van der Waals surface area (Å²) in [6.07, 6.45) is 9.23. The maximum absolute atomic E-state index is 13.1. The third kappa shape index (κ3) is 2.07. The van der Waals surface area contributed by atoms with Gasteiger partial charge >= 0.3 is 0 Å². The van der Waals surface area contributed by atoms with E-state index >= 15 is 0 Å². The summed E-state index contributed by atoms with van der Waals surface area (Å²) < 4.78 is 0. The molecule has 0 aromatic rings. The second kappa shape index (κ2) is 4.24. The van der Waals surface area contributed by atoms with Crippen molar-refractivity contribution in [3.8, 4) is 0 Å². The largest absolute Gasteiger partial charge is 0.386 e. The van der Waals surface area contributed by atoms with Gasteiger partial charge in [-0.3, -0.25) is 4.79 Å². The fraction of sp³-hybridized carbons (Fsp3) is 0.944. The van der Waals surface area contributed by atoms with Crippen LogP contribution in [0.3, 0.4) is 0 Å². The first-order valence-corrected chi connectivity index (χ1v) is 8.87. The van der Waals surface area contributed by atoms with E-state index in [-0.39, 0.29) is 5.41 Å². The van der Waals surface area contributed by atoms with Crippen LogP contribution in [0, 0.1) is 22.7 Å². The topological polar surface area (TPSA) is 40.5 Å². The number of β-amino-alcohol motifs (C(OH)–C–C–N with tert-alkyl or cyclic N) is 1. The van der Waals surface area contributed by atoms with Crippen molar-refractivity contribution < 1.29 is 9.90 Å². The Morgan fingerprint density at radius 1 is 1.19 bits per heavy atom. The molecule has 2 unspecified atom stereocenters. The molecule has 5 aliphatic rings.